The van der Waals surface area contributed by atoms with Crippen LogP contribution in [0, 0.1) is 0 Å². The van der Waals surface area contributed by atoms with Crippen molar-refractivity contribution in [3.05, 3.63) is 0 Å². The lowest BCUT2D eigenvalue weighted by molar-refractivity contribution is -0.198. The maximum atomic E-state index is 13.3. The first-order valence-corrected chi connectivity index (χ1v) is 35.6. The third-order valence-corrected chi connectivity index (χ3v) is 13.4. The summed E-state index contributed by atoms with van der Waals surface area (Å²) in [5.74, 6) is -4.57. The highest BCUT2D eigenvalue weighted by Crippen LogP contribution is 2.14. The molecule has 104 heavy (non-hydrogen) atoms. The third kappa shape index (κ3) is 62.3. The number of carboxylic acids is 1. The second-order valence-corrected chi connectivity index (χ2v) is 21.6. The molecule has 0 unspecified atom stereocenters. The van der Waals surface area contributed by atoms with Crippen LogP contribution >= 0.6 is 0 Å². The van der Waals surface area contributed by atoms with Crippen LogP contribution in [0.15, 0.2) is 0 Å². The molecule has 1 N–H and O–H groups in total. The van der Waals surface area contributed by atoms with Crippen molar-refractivity contribution in [3.8, 4) is 0 Å². The number of imide groups is 2. The number of carboxylic acid groups (broad SMARTS) is 1. The van der Waals surface area contributed by atoms with Gasteiger partial charge in [0.25, 0.3) is 23.6 Å². The lowest BCUT2D eigenvalue weighted by atomic mass is 10.3. The first kappa shape index (κ1) is 95.3. The molecule has 2 saturated heterocycles. The van der Waals surface area contributed by atoms with Gasteiger partial charge in [-0.25, -0.2) is 9.59 Å². The number of aliphatic carboxylic acids is 1. The normalized spacial score (nSPS) is 13.2. The Hall–Kier alpha value is -4.80. The number of nitrogens with zero attached hydrogens (tertiary/aromatic N) is 3. The standard InChI is InChI=1S/C66H117N3O35/c70-59(5-11-79-17-23-85-29-35-91-41-47-97-53-54-98-48-42-92-36-30-86-24-18-80-12-6-64(75)76)67(9-15-83-21-27-89-33-39-95-45-51-101-57-55-99-49-43-93-37-31-87-25-19-81-13-7-65(77)103-68-60(71)1-2-61(68)72)10-16-84-22-28-90-34-40-96-46-52-102-58-56-100-50-44-94-38-32-88-26-20-82-14-8-66(78)104-69-62(73)3-4-63(69)74/h1-58H2,(H,75,76). The van der Waals surface area contributed by atoms with E-state index < -0.39 is 41.5 Å². The molecule has 2 heterocycles. The van der Waals surface area contributed by atoms with E-state index in [0.29, 0.717) is 301 Å². The van der Waals surface area contributed by atoms with E-state index in [9.17, 15) is 38.4 Å². The lowest BCUT2D eigenvalue weighted by Crippen LogP contribution is -2.37. The predicted octanol–water partition coefficient (Wildman–Crippen LogP) is -0.927. The van der Waals surface area contributed by atoms with Crippen molar-refractivity contribution in [1.29, 1.82) is 0 Å². The number of hydrogen-bond acceptors (Lipinski definition) is 34. The highest BCUT2D eigenvalue weighted by molar-refractivity contribution is 6.02. The Morgan fingerprint density at radius 3 is 0.567 bits per heavy atom. The number of hydroxylamine groups is 4. The predicted molar refractivity (Wildman–Crippen MR) is 357 cm³/mol. The topological polar surface area (TPSA) is 406 Å². The van der Waals surface area contributed by atoms with Crippen molar-refractivity contribution in [1.82, 2.24) is 15.0 Å². The minimum atomic E-state index is -0.898. The molecule has 0 atom stereocenters. The van der Waals surface area contributed by atoms with E-state index >= 15 is 0 Å². The van der Waals surface area contributed by atoms with E-state index in [-0.39, 0.29) is 96.9 Å². The van der Waals surface area contributed by atoms with Gasteiger partial charge >= 0.3 is 17.9 Å². The quantitative estimate of drug-likeness (QED) is 0.0568. The van der Waals surface area contributed by atoms with Gasteiger partial charge in [0.05, 0.1) is 343 Å². The number of ether oxygens (including phenoxy) is 24. The van der Waals surface area contributed by atoms with E-state index in [1.54, 1.807) is 4.90 Å². The Kier molecular flexibility index (Phi) is 67.5. The third-order valence-electron chi connectivity index (χ3n) is 13.4. The zero-order valence-electron chi connectivity index (χ0n) is 60.7. The van der Waals surface area contributed by atoms with E-state index in [0.717, 1.165) is 0 Å². The van der Waals surface area contributed by atoms with Crippen molar-refractivity contribution in [2.75, 3.05) is 330 Å². The number of carbonyl (C=O) groups is 8. The summed E-state index contributed by atoms with van der Waals surface area (Å²) in [6.07, 6.45) is 0.0723. The zero-order valence-corrected chi connectivity index (χ0v) is 60.7. The van der Waals surface area contributed by atoms with E-state index in [1.807, 2.05) is 0 Å². The van der Waals surface area contributed by atoms with Crippen LogP contribution in [-0.4, -0.2) is 398 Å². The Morgan fingerprint density at radius 1 is 0.231 bits per heavy atom. The number of carbonyl (C=O) groups excluding carboxylic acids is 7. The van der Waals surface area contributed by atoms with Crippen molar-refractivity contribution >= 4 is 47.4 Å². The number of hydrogen-bond donors (Lipinski definition) is 1. The molecule has 5 amide bonds. The van der Waals surface area contributed by atoms with Crippen LogP contribution in [0.4, 0.5) is 0 Å². The van der Waals surface area contributed by atoms with Crippen LogP contribution in [0.25, 0.3) is 0 Å². The highest BCUT2D eigenvalue weighted by Gasteiger charge is 2.34. The molecule has 0 aromatic rings. The van der Waals surface area contributed by atoms with Crippen LogP contribution in [0.3, 0.4) is 0 Å². The molecule has 38 heteroatoms. The van der Waals surface area contributed by atoms with Crippen LogP contribution in [0.5, 0.6) is 0 Å². The van der Waals surface area contributed by atoms with Crippen molar-refractivity contribution < 1.29 is 167 Å². The molecule has 0 aromatic heterocycles. The Morgan fingerprint density at radius 2 is 0.385 bits per heavy atom. The summed E-state index contributed by atoms with van der Waals surface area (Å²) in [4.78, 5) is 105. The molecule has 38 nitrogen and oxygen atoms in total. The lowest BCUT2D eigenvalue weighted by Gasteiger charge is -2.23. The fraction of sp³-hybridized carbons (Fsp3) is 0.879. The minimum Gasteiger partial charge on any atom is -0.481 e. The fourth-order valence-corrected chi connectivity index (χ4v) is 8.03. The SMILES string of the molecule is O=C(O)CCOCCOCCOCCOCCOCCOCCOCCOCCC(=O)N(CCOCCOCCOCCOCCOCCOCCOCCOCCC(=O)ON1C(=O)CCC1=O)CCOCCOCCOCCOCCOCCOCCOCCOCCC(=O)ON1C(=O)CCC1=O. The summed E-state index contributed by atoms with van der Waals surface area (Å²) in [7, 11) is 0. The second kappa shape index (κ2) is 73.7. The van der Waals surface area contributed by atoms with Crippen LogP contribution in [-0.2, 0) is 162 Å². The van der Waals surface area contributed by atoms with Crippen molar-refractivity contribution in [3.63, 3.8) is 0 Å². The van der Waals surface area contributed by atoms with Crippen LogP contribution in [0.1, 0.15) is 51.4 Å². The van der Waals surface area contributed by atoms with Gasteiger partial charge < -0.3 is 133 Å². The second-order valence-electron chi connectivity index (χ2n) is 21.6. The summed E-state index contributed by atoms with van der Waals surface area (Å²) in [5.41, 5.74) is 0. The fourth-order valence-electron chi connectivity index (χ4n) is 8.03. The van der Waals surface area contributed by atoms with Crippen molar-refractivity contribution in [2.45, 2.75) is 51.4 Å². The van der Waals surface area contributed by atoms with Gasteiger partial charge in [0.2, 0.25) is 5.91 Å². The Labute approximate surface area is 609 Å². The van der Waals surface area contributed by atoms with Gasteiger partial charge in [0, 0.05) is 38.8 Å². The summed E-state index contributed by atoms with van der Waals surface area (Å²) >= 11 is 0. The molecular weight excluding hydrogens is 1390 g/mol. The van der Waals surface area contributed by atoms with Gasteiger partial charge in [0.1, 0.15) is 0 Å². The summed E-state index contributed by atoms with van der Waals surface area (Å²) < 4.78 is 132. The van der Waals surface area contributed by atoms with Gasteiger partial charge in [0.15, 0.2) is 0 Å². The molecule has 0 radical (unpaired) electrons. The molecule has 0 aliphatic carbocycles. The molecule has 2 aliphatic rings. The summed E-state index contributed by atoms with van der Waals surface area (Å²) in [6.45, 7) is 17.4. The van der Waals surface area contributed by atoms with Gasteiger partial charge in [-0.1, -0.05) is 0 Å². The maximum Gasteiger partial charge on any atom is 0.335 e. The number of amides is 5. The smallest absolute Gasteiger partial charge is 0.335 e. The van der Waals surface area contributed by atoms with Gasteiger partial charge in [-0.3, -0.25) is 28.8 Å². The average molecular weight is 1510 g/mol. The van der Waals surface area contributed by atoms with Gasteiger partial charge in [-0.05, 0) is 0 Å². The molecule has 606 valence electrons. The first-order valence-electron chi connectivity index (χ1n) is 35.6. The molecule has 0 saturated carbocycles. The number of rotatable bonds is 83. The van der Waals surface area contributed by atoms with E-state index in [2.05, 4.69) is 0 Å². The Bertz CT molecular complexity index is 1960. The first-order chi connectivity index (χ1) is 51.1. The zero-order chi connectivity index (χ0) is 74.7. The summed E-state index contributed by atoms with van der Waals surface area (Å²) in [6, 6.07) is 0. The van der Waals surface area contributed by atoms with Gasteiger partial charge in [-0.15, -0.1) is 10.1 Å². The van der Waals surface area contributed by atoms with Crippen molar-refractivity contribution in [2.24, 2.45) is 0 Å². The summed E-state index contributed by atoms with van der Waals surface area (Å²) in [5, 5.41) is 9.59. The van der Waals surface area contributed by atoms with Crippen LogP contribution < -0.4 is 0 Å². The van der Waals surface area contributed by atoms with E-state index in [4.69, 9.17) is 128 Å². The minimum absolute atomic E-state index is 0.0320. The molecule has 2 fully saturated rings. The largest absolute Gasteiger partial charge is 0.481 e. The highest BCUT2D eigenvalue weighted by atomic mass is 16.7. The van der Waals surface area contributed by atoms with E-state index in [1.165, 1.54) is 0 Å². The van der Waals surface area contributed by atoms with Crippen LogP contribution in [0.2, 0.25) is 0 Å². The van der Waals surface area contributed by atoms with Gasteiger partial charge in [-0.2, -0.15) is 0 Å². The molecule has 0 aromatic carbocycles. The molecular formula is C66H117N3O35. The maximum absolute atomic E-state index is 13.3. The average Bonchev–Trinajstić information content (AvgIpc) is 1.74. The monoisotopic (exact) mass is 1510 g/mol. The molecule has 0 bridgehead atoms. The molecule has 2 aliphatic heterocycles. The Balaban J connectivity index is 1.44. The molecule has 0 spiro atoms. The molecule has 2 rings (SSSR count).